The lowest BCUT2D eigenvalue weighted by Crippen LogP contribution is -2.27. The quantitative estimate of drug-likeness (QED) is 0.558. The van der Waals surface area contributed by atoms with Crippen molar-refractivity contribution in [1.29, 1.82) is 0 Å². The second-order valence-electron chi connectivity index (χ2n) is 6.90. The second kappa shape index (κ2) is 7.31. The van der Waals surface area contributed by atoms with Crippen molar-refractivity contribution in [2.24, 2.45) is 0 Å². The second-order valence-corrected chi connectivity index (χ2v) is 6.90. The van der Waals surface area contributed by atoms with Crippen LogP contribution in [0, 0.1) is 12.7 Å². The molecule has 1 N–H and O–H groups in total. The van der Waals surface area contributed by atoms with Gasteiger partial charge < -0.3 is 14.4 Å². The number of rotatable bonds is 5. The number of hydrogen-bond acceptors (Lipinski definition) is 3. The van der Waals surface area contributed by atoms with E-state index < -0.39 is 0 Å². The van der Waals surface area contributed by atoms with E-state index >= 15 is 0 Å². The number of nitrogens with one attached hydrogen (secondary N) is 1. The van der Waals surface area contributed by atoms with E-state index in [1.807, 2.05) is 37.3 Å². The molecule has 2 aromatic carbocycles. The molecule has 4 rings (SSSR count). The van der Waals surface area contributed by atoms with Gasteiger partial charge in [-0.3, -0.25) is 4.79 Å². The number of aromatic nitrogens is 2. The van der Waals surface area contributed by atoms with Crippen LogP contribution in [0.5, 0.6) is 0 Å². The third-order valence-electron chi connectivity index (χ3n) is 4.75. The van der Waals surface area contributed by atoms with E-state index in [-0.39, 0.29) is 18.1 Å². The van der Waals surface area contributed by atoms with Gasteiger partial charge in [-0.2, -0.15) is 0 Å². The van der Waals surface area contributed by atoms with Gasteiger partial charge in [0.2, 0.25) is 5.91 Å². The van der Waals surface area contributed by atoms with Gasteiger partial charge in [-0.05, 0) is 36.2 Å². The highest BCUT2D eigenvalue weighted by molar-refractivity contribution is 5.95. The van der Waals surface area contributed by atoms with Gasteiger partial charge in [-0.25, -0.2) is 4.39 Å². The molecule has 142 valence electrons. The summed E-state index contributed by atoms with van der Waals surface area (Å²) in [5.41, 5.74) is 4.14. The number of amides is 1. The largest absolute Gasteiger partial charge is 0.359 e. The minimum atomic E-state index is -0.328. The highest BCUT2D eigenvalue weighted by atomic mass is 19.1. The Kier molecular flexibility index (Phi) is 4.69. The lowest BCUT2D eigenvalue weighted by atomic mass is 10.0. The monoisotopic (exact) mass is 377 g/mol. The Morgan fingerprint density at radius 3 is 2.68 bits per heavy atom. The maximum atomic E-state index is 13.9. The summed E-state index contributed by atoms with van der Waals surface area (Å²) in [5, 5.41) is 4.57. The van der Waals surface area contributed by atoms with E-state index in [1.54, 1.807) is 24.1 Å². The molecular formula is C22H20FN3O2. The summed E-state index contributed by atoms with van der Waals surface area (Å²) >= 11 is 0. The Morgan fingerprint density at radius 2 is 1.96 bits per heavy atom. The molecule has 4 aromatic rings. The highest BCUT2D eigenvalue weighted by Crippen LogP contribution is 2.31. The molecule has 6 heteroatoms. The normalized spacial score (nSPS) is 11.1. The smallest absolute Gasteiger partial charge is 0.227 e. The van der Waals surface area contributed by atoms with E-state index in [1.165, 1.54) is 12.1 Å². The van der Waals surface area contributed by atoms with E-state index in [2.05, 4.69) is 10.1 Å². The minimum absolute atomic E-state index is 0.0867. The standard InChI is InChI=1S/C22H20FN3O2/c1-14-10-17(28-25-14)13-26(2)21(27)12-19-18-11-16(23)8-9-20(18)24-22(19)15-6-4-3-5-7-15/h3-11,24H,12-13H2,1-2H3. The molecule has 28 heavy (non-hydrogen) atoms. The van der Waals surface area contributed by atoms with Gasteiger partial charge in [0.15, 0.2) is 5.76 Å². The number of carbonyl (C=O) groups is 1. The van der Waals surface area contributed by atoms with Crippen LogP contribution in [-0.4, -0.2) is 28.0 Å². The van der Waals surface area contributed by atoms with Crippen molar-refractivity contribution in [2.45, 2.75) is 19.9 Å². The van der Waals surface area contributed by atoms with Gasteiger partial charge in [-0.1, -0.05) is 35.5 Å². The lowest BCUT2D eigenvalue weighted by Gasteiger charge is -2.16. The summed E-state index contributed by atoms with van der Waals surface area (Å²) in [6, 6.07) is 16.1. The molecule has 0 saturated carbocycles. The van der Waals surface area contributed by atoms with Crippen molar-refractivity contribution < 1.29 is 13.7 Å². The number of aryl methyl sites for hydroxylation is 1. The van der Waals surface area contributed by atoms with E-state index in [9.17, 15) is 9.18 Å². The molecule has 0 unspecified atom stereocenters. The molecule has 0 atom stereocenters. The molecule has 0 saturated heterocycles. The predicted octanol–water partition coefficient (Wildman–Crippen LogP) is 4.47. The average molecular weight is 377 g/mol. The number of H-pyrrole nitrogens is 1. The minimum Gasteiger partial charge on any atom is -0.359 e. The van der Waals surface area contributed by atoms with Gasteiger partial charge >= 0.3 is 0 Å². The van der Waals surface area contributed by atoms with E-state index in [0.717, 1.165) is 33.4 Å². The van der Waals surface area contributed by atoms with Crippen LogP contribution in [-0.2, 0) is 17.8 Å². The van der Waals surface area contributed by atoms with Crippen LogP contribution in [0.25, 0.3) is 22.2 Å². The zero-order valence-electron chi connectivity index (χ0n) is 15.7. The van der Waals surface area contributed by atoms with Gasteiger partial charge in [0, 0.05) is 24.0 Å². The molecule has 2 aromatic heterocycles. The van der Waals surface area contributed by atoms with Crippen molar-refractivity contribution in [1.82, 2.24) is 15.0 Å². The Morgan fingerprint density at radius 1 is 1.18 bits per heavy atom. The highest BCUT2D eigenvalue weighted by Gasteiger charge is 2.19. The number of aromatic amines is 1. The van der Waals surface area contributed by atoms with Gasteiger partial charge in [0.05, 0.1) is 24.4 Å². The van der Waals surface area contributed by atoms with Crippen molar-refractivity contribution in [3.63, 3.8) is 0 Å². The molecule has 0 aliphatic heterocycles. The Balaban J connectivity index is 1.68. The fourth-order valence-electron chi connectivity index (χ4n) is 3.35. The number of likely N-dealkylation sites (N-methyl/N-ethyl adjacent to an activating group) is 1. The Hall–Kier alpha value is -3.41. The van der Waals surface area contributed by atoms with Crippen LogP contribution in [0.15, 0.2) is 59.1 Å². The first-order valence-corrected chi connectivity index (χ1v) is 9.03. The van der Waals surface area contributed by atoms with Crippen molar-refractivity contribution >= 4 is 16.8 Å². The summed E-state index contributed by atoms with van der Waals surface area (Å²) in [6.45, 7) is 2.17. The van der Waals surface area contributed by atoms with Crippen LogP contribution < -0.4 is 0 Å². The molecular weight excluding hydrogens is 357 g/mol. The van der Waals surface area contributed by atoms with E-state index in [4.69, 9.17) is 4.52 Å². The lowest BCUT2D eigenvalue weighted by molar-refractivity contribution is -0.129. The van der Waals surface area contributed by atoms with Crippen molar-refractivity contribution in [2.75, 3.05) is 7.05 Å². The summed E-state index contributed by atoms with van der Waals surface area (Å²) in [6.07, 6.45) is 0.150. The fourth-order valence-corrected chi connectivity index (χ4v) is 3.35. The van der Waals surface area contributed by atoms with Crippen LogP contribution in [0.3, 0.4) is 0 Å². The van der Waals surface area contributed by atoms with Crippen molar-refractivity contribution in [3.8, 4) is 11.3 Å². The van der Waals surface area contributed by atoms with Crippen molar-refractivity contribution in [3.05, 3.63) is 77.4 Å². The number of halogens is 1. The summed E-state index contributed by atoms with van der Waals surface area (Å²) in [7, 11) is 1.72. The molecule has 5 nitrogen and oxygen atoms in total. The molecule has 1 amide bonds. The predicted molar refractivity (Wildman–Crippen MR) is 105 cm³/mol. The molecule has 0 aliphatic carbocycles. The molecule has 0 radical (unpaired) electrons. The summed E-state index contributed by atoms with van der Waals surface area (Å²) in [4.78, 5) is 17.8. The fraction of sp³-hybridized carbons (Fsp3) is 0.182. The first-order chi connectivity index (χ1) is 13.5. The number of nitrogens with zero attached hydrogens (tertiary/aromatic N) is 2. The molecule has 0 bridgehead atoms. The maximum Gasteiger partial charge on any atom is 0.227 e. The topological polar surface area (TPSA) is 62.1 Å². The third kappa shape index (κ3) is 3.53. The SMILES string of the molecule is Cc1cc(CN(C)C(=O)Cc2c(-c3ccccc3)[nH]c3ccc(F)cc23)on1. The van der Waals surface area contributed by atoms with Crippen LogP contribution in [0.2, 0.25) is 0 Å². The Labute approximate surface area is 161 Å². The summed E-state index contributed by atoms with van der Waals surface area (Å²) < 4.78 is 19.1. The molecule has 0 fully saturated rings. The van der Waals surface area contributed by atoms with Gasteiger partial charge in [0.1, 0.15) is 5.82 Å². The van der Waals surface area contributed by atoms with Gasteiger partial charge in [0.25, 0.3) is 0 Å². The third-order valence-corrected chi connectivity index (χ3v) is 4.75. The first kappa shape index (κ1) is 18.0. The number of benzene rings is 2. The van der Waals surface area contributed by atoms with E-state index in [0.29, 0.717) is 12.3 Å². The zero-order valence-corrected chi connectivity index (χ0v) is 15.7. The van der Waals surface area contributed by atoms with Crippen LogP contribution in [0.1, 0.15) is 17.0 Å². The van der Waals surface area contributed by atoms with Gasteiger partial charge in [-0.15, -0.1) is 0 Å². The maximum absolute atomic E-state index is 13.9. The first-order valence-electron chi connectivity index (χ1n) is 9.03. The molecule has 2 heterocycles. The van der Waals surface area contributed by atoms with Crippen LogP contribution >= 0.6 is 0 Å². The number of hydrogen-bond donors (Lipinski definition) is 1. The molecule has 0 spiro atoms. The molecule has 0 aliphatic rings. The average Bonchev–Trinajstić information content (AvgIpc) is 3.26. The zero-order chi connectivity index (χ0) is 19.7. The van der Waals surface area contributed by atoms with Crippen LogP contribution in [0.4, 0.5) is 4.39 Å². The number of fused-ring (bicyclic) bond motifs is 1. The Bertz CT molecular complexity index is 1130. The summed E-state index contributed by atoms with van der Waals surface area (Å²) in [5.74, 6) is 0.211. The number of carbonyl (C=O) groups excluding carboxylic acids is 1.